The smallest absolute Gasteiger partial charge is 0.140 e. The Hall–Kier alpha value is -1.75. The predicted octanol–water partition coefficient (Wildman–Crippen LogP) is 3.69. The number of aryl methyl sites for hydroxylation is 4. The minimum atomic E-state index is 1.02. The molecule has 3 aromatic heterocycles. The molecule has 0 aliphatic heterocycles. The van der Waals surface area contributed by atoms with Crippen molar-refractivity contribution in [2.75, 3.05) is 6.26 Å². The van der Waals surface area contributed by atoms with Crippen molar-refractivity contribution in [3.63, 3.8) is 0 Å². The Morgan fingerprint density at radius 1 is 1.10 bits per heavy atom. The number of hydrogen-bond acceptors (Lipinski definition) is 3. The van der Waals surface area contributed by atoms with Gasteiger partial charge in [-0.15, -0.1) is 11.8 Å². The van der Waals surface area contributed by atoms with Crippen LogP contribution in [0.1, 0.15) is 22.4 Å². The minimum absolute atomic E-state index is 1.02. The van der Waals surface area contributed by atoms with E-state index in [1.807, 2.05) is 18.7 Å². The molecule has 0 unspecified atom stereocenters. The van der Waals surface area contributed by atoms with E-state index in [1.54, 1.807) is 11.8 Å². The Balaban J connectivity index is 2.40. The fraction of sp³-hybridized carbons (Fsp3) is 0.375. The van der Waals surface area contributed by atoms with Gasteiger partial charge in [0.15, 0.2) is 0 Å². The van der Waals surface area contributed by atoms with Crippen molar-refractivity contribution in [1.82, 2.24) is 19.2 Å². The molecule has 0 aromatic carbocycles. The molecule has 0 aliphatic carbocycles. The molecule has 4 nitrogen and oxygen atoms in total. The third-order valence-electron chi connectivity index (χ3n) is 3.86. The van der Waals surface area contributed by atoms with Crippen molar-refractivity contribution in [3.05, 3.63) is 34.6 Å². The molecule has 21 heavy (non-hydrogen) atoms. The normalized spacial score (nSPS) is 11.5. The summed E-state index contributed by atoms with van der Waals surface area (Å²) >= 11 is 1.73. The quantitative estimate of drug-likeness (QED) is 0.677. The van der Waals surface area contributed by atoms with E-state index in [4.69, 9.17) is 5.10 Å². The summed E-state index contributed by atoms with van der Waals surface area (Å²) in [6.07, 6.45) is 4.18. The van der Waals surface area contributed by atoms with Crippen molar-refractivity contribution in [3.8, 4) is 11.4 Å². The highest BCUT2D eigenvalue weighted by molar-refractivity contribution is 7.98. The Kier molecular flexibility index (Phi) is 3.32. The van der Waals surface area contributed by atoms with Crippen molar-refractivity contribution < 1.29 is 0 Å². The lowest BCUT2D eigenvalue weighted by Crippen LogP contribution is -1.99. The number of hydrogen-bond donors (Lipinski definition) is 0. The molecule has 0 N–H and O–H groups in total. The van der Waals surface area contributed by atoms with Gasteiger partial charge in [0.25, 0.3) is 0 Å². The zero-order chi connectivity index (χ0) is 15.3. The van der Waals surface area contributed by atoms with Crippen LogP contribution in [0, 0.1) is 27.7 Å². The second-order valence-electron chi connectivity index (χ2n) is 5.54. The molecule has 0 spiro atoms. The van der Waals surface area contributed by atoms with Gasteiger partial charge in [0.2, 0.25) is 0 Å². The lowest BCUT2D eigenvalue weighted by Gasteiger charge is -2.10. The number of aromatic nitrogens is 4. The van der Waals surface area contributed by atoms with Gasteiger partial charge in [-0.25, -0.2) is 4.98 Å². The van der Waals surface area contributed by atoms with Crippen LogP contribution in [0.3, 0.4) is 0 Å². The van der Waals surface area contributed by atoms with Crippen LogP contribution < -0.4 is 0 Å². The van der Waals surface area contributed by atoms with Gasteiger partial charge in [-0.3, -0.25) is 9.08 Å². The molecule has 0 saturated heterocycles. The fourth-order valence-corrected chi connectivity index (χ4v) is 3.73. The van der Waals surface area contributed by atoms with Gasteiger partial charge >= 0.3 is 0 Å². The predicted molar refractivity (Wildman–Crippen MR) is 88.1 cm³/mol. The molecule has 0 atom stereocenters. The Labute approximate surface area is 129 Å². The van der Waals surface area contributed by atoms with E-state index in [9.17, 15) is 0 Å². The summed E-state index contributed by atoms with van der Waals surface area (Å²) in [4.78, 5) is 4.64. The minimum Gasteiger partial charge on any atom is -0.297 e. The maximum atomic E-state index is 4.75. The molecule has 110 valence electrons. The molecule has 3 rings (SSSR count). The van der Waals surface area contributed by atoms with Crippen LogP contribution in [0.15, 0.2) is 17.3 Å². The van der Waals surface area contributed by atoms with Crippen LogP contribution in [-0.2, 0) is 7.05 Å². The van der Waals surface area contributed by atoms with Gasteiger partial charge in [-0.2, -0.15) is 5.10 Å². The van der Waals surface area contributed by atoms with Gasteiger partial charge in [0, 0.05) is 18.8 Å². The van der Waals surface area contributed by atoms with Crippen molar-refractivity contribution in [1.29, 1.82) is 0 Å². The molecule has 0 aliphatic rings. The summed E-state index contributed by atoms with van der Waals surface area (Å²) in [7, 11) is 2.00. The van der Waals surface area contributed by atoms with E-state index in [2.05, 4.69) is 48.7 Å². The van der Waals surface area contributed by atoms with Gasteiger partial charge in [-0.1, -0.05) is 6.07 Å². The summed E-state index contributed by atoms with van der Waals surface area (Å²) in [5, 5.41) is 5.95. The molecular weight excluding hydrogens is 280 g/mol. The number of fused-ring (bicyclic) bond motifs is 1. The molecule has 0 amide bonds. The SMILES string of the molecule is CSc1c(C)c(-c2c(C)cc(C)c3nc(C)cn23)nn1C. The monoisotopic (exact) mass is 300 g/mol. The zero-order valence-electron chi connectivity index (χ0n) is 13.4. The molecule has 3 aromatic rings. The topological polar surface area (TPSA) is 35.1 Å². The van der Waals surface area contributed by atoms with Gasteiger partial charge in [0.05, 0.1) is 16.4 Å². The third kappa shape index (κ3) is 2.07. The average molecular weight is 300 g/mol. The van der Waals surface area contributed by atoms with Gasteiger partial charge in [0.1, 0.15) is 11.3 Å². The summed E-state index contributed by atoms with van der Waals surface area (Å²) in [5.41, 5.74) is 7.89. The molecule has 0 fully saturated rings. The summed E-state index contributed by atoms with van der Waals surface area (Å²) in [6.45, 7) is 8.42. The summed E-state index contributed by atoms with van der Waals surface area (Å²) < 4.78 is 4.14. The number of rotatable bonds is 2. The van der Waals surface area contributed by atoms with Crippen molar-refractivity contribution >= 4 is 17.4 Å². The third-order valence-corrected chi connectivity index (χ3v) is 4.82. The second-order valence-corrected chi connectivity index (χ2v) is 6.34. The molecule has 3 heterocycles. The van der Waals surface area contributed by atoms with Crippen LogP contribution >= 0.6 is 11.8 Å². The average Bonchev–Trinajstić information content (AvgIpc) is 2.91. The van der Waals surface area contributed by atoms with Crippen LogP contribution in [-0.4, -0.2) is 25.4 Å². The van der Waals surface area contributed by atoms with E-state index in [0.29, 0.717) is 0 Å². The molecule has 0 radical (unpaired) electrons. The van der Waals surface area contributed by atoms with Crippen molar-refractivity contribution in [2.45, 2.75) is 32.7 Å². The largest absolute Gasteiger partial charge is 0.297 e. The van der Waals surface area contributed by atoms with Crippen LogP contribution in [0.25, 0.3) is 17.0 Å². The standard InChI is InChI=1S/C16H20N4S/c1-9-7-10(2)15-17-11(3)8-20(15)14(9)13-12(4)16(21-6)19(5)18-13/h7-8H,1-6H3. The molecule has 0 bridgehead atoms. The van der Waals surface area contributed by atoms with Crippen molar-refractivity contribution in [2.24, 2.45) is 7.05 Å². The lowest BCUT2D eigenvalue weighted by atomic mass is 10.1. The second kappa shape index (κ2) is 4.91. The van der Waals surface area contributed by atoms with E-state index >= 15 is 0 Å². The highest BCUT2D eigenvalue weighted by Crippen LogP contribution is 2.32. The fourth-order valence-electron chi connectivity index (χ4n) is 3.02. The first kappa shape index (κ1) is 14.2. The van der Waals surface area contributed by atoms with E-state index < -0.39 is 0 Å². The number of thioether (sulfide) groups is 1. The molecule has 0 saturated carbocycles. The van der Waals surface area contributed by atoms with Gasteiger partial charge < -0.3 is 0 Å². The molecule has 5 heteroatoms. The number of nitrogens with zero attached hydrogens (tertiary/aromatic N) is 4. The summed E-state index contributed by atoms with van der Waals surface area (Å²) in [6, 6.07) is 2.20. The van der Waals surface area contributed by atoms with Gasteiger partial charge in [-0.05, 0) is 45.1 Å². The number of imidazole rings is 1. The van der Waals surface area contributed by atoms with E-state index in [1.165, 1.54) is 21.7 Å². The highest BCUT2D eigenvalue weighted by atomic mass is 32.2. The van der Waals surface area contributed by atoms with Crippen LogP contribution in [0.4, 0.5) is 0 Å². The van der Waals surface area contributed by atoms with Crippen LogP contribution in [0.5, 0.6) is 0 Å². The summed E-state index contributed by atoms with van der Waals surface area (Å²) in [5.74, 6) is 0. The van der Waals surface area contributed by atoms with Crippen LogP contribution in [0.2, 0.25) is 0 Å². The molecular formula is C16H20N4S. The van der Waals surface area contributed by atoms with E-state index in [0.717, 1.165) is 22.7 Å². The van der Waals surface area contributed by atoms with E-state index in [-0.39, 0.29) is 0 Å². The maximum Gasteiger partial charge on any atom is 0.140 e. The maximum absolute atomic E-state index is 4.75. The lowest BCUT2D eigenvalue weighted by molar-refractivity contribution is 0.698. The Morgan fingerprint density at radius 3 is 2.43 bits per heavy atom. The zero-order valence-corrected chi connectivity index (χ0v) is 14.2. The Morgan fingerprint density at radius 2 is 1.81 bits per heavy atom. The highest BCUT2D eigenvalue weighted by Gasteiger charge is 2.19. The Bertz CT molecular complexity index is 842. The first-order chi connectivity index (χ1) is 9.93. The first-order valence-electron chi connectivity index (χ1n) is 6.98. The number of pyridine rings is 1. The first-order valence-corrected chi connectivity index (χ1v) is 8.20.